The zero-order valence-corrected chi connectivity index (χ0v) is 11.9. The quantitative estimate of drug-likeness (QED) is 0.903. The minimum Gasteiger partial charge on any atom is -0.329 e. The third kappa shape index (κ3) is 2.80. The number of nitrogens with two attached hydrogens (primary N) is 1. The van der Waals surface area contributed by atoms with Crippen molar-refractivity contribution in [1.82, 2.24) is 9.13 Å². The predicted molar refractivity (Wildman–Crippen MR) is 75.1 cm³/mol. The highest BCUT2D eigenvalue weighted by Crippen LogP contribution is 2.22. The maximum atomic E-state index is 12.1. The summed E-state index contributed by atoms with van der Waals surface area (Å²) in [5, 5.41) is 0. The first kappa shape index (κ1) is 13.3. The molecule has 2 rings (SSSR count). The first-order valence-electron chi connectivity index (χ1n) is 5.36. The maximum absolute atomic E-state index is 12.1. The first-order chi connectivity index (χ1) is 8.61. The van der Waals surface area contributed by atoms with Gasteiger partial charge in [-0.1, -0.05) is 0 Å². The summed E-state index contributed by atoms with van der Waals surface area (Å²) >= 11 is 4.93. The summed E-state index contributed by atoms with van der Waals surface area (Å²) in [6.45, 7) is 0.969. The number of thiophene rings is 1. The highest BCUT2D eigenvalue weighted by Gasteiger charge is 2.06. The largest absolute Gasteiger partial charge is 0.331 e. The van der Waals surface area contributed by atoms with Gasteiger partial charge < -0.3 is 5.73 Å². The van der Waals surface area contributed by atoms with Crippen LogP contribution in [-0.4, -0.2) is 15.7 Å². The van der Waals surface area contributed by atoms with Gasteiger partial charge in [0.25, 0.3) is 5.56 Å². The molecule has 0 aromatic carbocycles. The molecular formula is C11H12BrN3O2S. The van der Waals surface area contributed by atoms with Gasteiger partial charge in [-0.2, -0.15) is 0 Å². The van der Waals surface area contributed by atoms with Crippen molar-refractivity contribution < 1.29 is 0 Å². The molecule has 0 spiro atoms. The van der Waals surface area contributed by atoms with Crippen molar-refractivity contribution in [3.63, 3.8) is 0 Å². The van der Waals surface area contributed by atoms with Gasteiger partial charge in [-0.25, -0.2) is 4.79 Å². The molecule has 0 aliphatic carbocycles. The molecule has 0 aliphatic heterocycles. The standard InChI is InChI=1S/C11H12BrN3O2S/c12-9-2-1-8(18-9)7-14-5-3-10(16)15(6-4-13)11(14)17/h1-3,5H,4,6-7,13H2. The Morgan fingerprint density at radius 3 is 2.67 bits per heavy atom. The van der Waals surface area contributed by atoms with Crippen LogP contribution in [0.4, 0.5) is 0 Å². The SMILES string of the molecule is NCCn1c(=O)ccn(Cc2ccc(Br)s2)c1=O. The van der Waals surface area contributed by atoms with Crippen LogP contribution in [0.3, 0.4) is 0 Å². The Morgan fingerprint density at radius 2 is 2.06 bits per heavy atom. The predicted octanol–water partition coefficient (Wildman–Crippen LogP) is 0.841. The molecule has 2 heterocycles. The summed E-state index contributed by atoms with van der Waals surface area (Å²) in [5.41, 5.74) is 4.76. The second-order valence-corrected chi connectivity index (χ2v) is 6.26. The molecule has 0 amide bonds. The Hall–Kier alpha value is -1.18. The molecule has 7 heteroatoms. The van der Waals surface area contributed by atoms with Gasteiger partial charge in [-0.05, 0) is 28.1 Å². The Kier molecular flexibility index (Phi) is 4.15. The van der Waals surface area contributed by atoms with Gasteiger partial charge >= 0.3 is 5.69 Å². The first-order valence-corrected chi connectivity index (χ1v) is 6.97. The number of nitrogens with zero attached hydrogens (tertiary/aromatic N) is 2. The summed E-state index contributed by atoms with van der Waals surface area (Å²) in [6, 6.07) is 5.26. The molecule has 0 unspecified atom stereocenters. The molecule has 2 aromatic rings. The Balaban J connectivity index is 2.37. The van der Waals surface area contributed by atoms with Crippen molar-refractivity contribution in [2.24, 2.45) is 5.73 Å². The van der Waals surface area contributed by atoms with Gasteiger partial charge in [0.1, 0.15) is 0 Å². The molecule has 0 atom stereocenters. The van der Waals surface area contributed by atoms with Crippen LogP contribution in [0.25, 0.3) is 0 Å². The van der Waals surface area contributed by atoms with E-state index in [0.29, 0.717) is 6.54 Å². The van der Waals surface area contributed by atoms with E-state index in [4.69, 9.17) is 5.73 Å². The highest BCUT2D eigenvalue weighted by molar-refractivity contribution is 9.11. The summed E-state index contributed by atoms with van der Waals surface area (Å²) in [6.07, 6.45) is 1.52. The molecule has 0 aliphatic rings. The molecule has 0 saturated heterocycles. The van der Waals surface area contributed by atoms with Gasteiger partial charge in [0.05, 0.1) is 10.3 Å². The molecule has 18 heavy (non-hydrogen) atoms. The fourth-order valence-electron chi connectivity index (χ4n) is 1.62. The number of rotatable bonds is 4. The minimum atomic E-state index is -0.322. The molecule has 2 N–H and O–H groups in total. The van der Waals surface area contributed by atoms with Crippen LogP contribution < -0.4 is 17.0 Å². The van der Waals surface area contributed by atoms with E-state index in [9.17, 15) is 9.59 Å². The number of hydrogen-bond acceptors (Lipinski definition) is 4. The fourth-order valence-corrected chi connectivity index (χ4v) is 3.10. The second kappa shape index (κ2) is 5.64. The molecule has 2 aromatic heterocycles. The molecule has 96 valence electrons. The summed E-state index contributed by atoms with van der Waals surface area (Å²) in [7, 11) is 0. The van der Waals surface area contributed by atoms with Crippen LogP contribution in [0.2, 0.25) is 0 Å². The van der Waals surface area contributed by atoms with E-state index in [1.165, 1.54) is 16.8 Å². The normalized spacial score (nSPS) is 10.8. The fraction of sp³-hybridized carbons (Fsp3) is 0.273. The van der Waals surface area contributed by atoms with Crippen molar-refractivity contribution in [1.29, 1.82) is 0 Å². The van der Waals surface area contributed by atoms with Gasteiger partial charge in [0, 0.05) is 30.2 Å². The number of aromatic nitrogens is 2. The molecule has 0 saturated carbocycles. The zero-order chi connectivity index (χ0) is 13.1. The van der Waals surface area contributed by atoms with Crippen molar-refractivity contribution in [3.05, 3.63) is 53.9 Å². The van der Waals surface area contributed by atoms with Crippen molar-refractivity contribution in [3.8, 4) is 0 Å². The van der Waals surface area contributed by atoms with Crippen molar-refractivity contribution in [2.45, 2.75) is 13.1 Å². The Labute approximate surface area is 116 Å². The van der Waals surface area contributed by atoms with Crippen LogP contribution in [0.1, 0.15) is 4.88 Å². The summed E-state index contributed by atoms with van der Waals surface area (Å²) in [5.74, 6) is 0. The monoisotopic (exact) mass is 329 g/mol. The smallest absolute Gasteiger partial charge is 0.329 e. The topological polar surface area (TPSA) is 70.0 Å². The number of hydrogen-bond donors (Lipinski definition) is 1. The van der Waals surface area contributed by atoms with Crippen LogP contribution >= 0.6 is 27.3 Å². The third-order valence-corrected chi connectivity index (χ3v) is 4.06. The van der Waals surface area contributed by atoms with Gasteiger partial charge in [-0.3, -0.25) is 13.9 Å². The molecule has 5 nitrogen and oxygen atoms in total. The maximum Gasteiger partial charge on any atom is 0.331 e. The Morgan fingerprint density at radius 1 is 1.28 bits per heavy atom. The highest BCUT2D eigenvalue weighted by atomic mass is 79.9. The molecule has 0 bridgehead atoms. The second-order valence-electron chi connectivity index (χ2n) is 3.71. The van der Waals surface area contributed by atoms with Gasteiger partial charge in [-0.15, -0.1) is 11.3 Å². The van der Waals surface area contributed by atoms with E-state index < -0.39 is 0 Å². The molecule has 0 radical (unpaired) electrons. The Bertz CT molecular complexity index is 659. The van der Waals surface area contributed by atoms with Gasteiger partial charge in [0.2, 0.25) is 0 Å². The lowest BCUT2D eigenvalue weighted by Gasteiger charge is -2.07. The lowest BCUT2D eigenvalue weighted by Crippen LogP contribution is -2.40. The van der Waals surface area contributed by atoms with Crippen LogP contribution in [0.15, 0.2) is 37.8 Å². The average Bonchev–Trinajstić information content (AvgIpc) is 2.74. The summed E-state index contributed by atoms with van der Waals surface area (Å²) < 4.78 is 3.68. The third-order valence-electron chi connectivity index (χ3n) is 2.45. The molecule has 0 fully saturated rings. The average molecular weight is 330 g/mol. The van der Waals surface area contributed by atoms with E-state index in [2.05, 4.69) is 15.9 Å². The van der Waals surface area contributed by atoms with Crippen LogP contribution in [-0.2, 0) is 13.1 Å². The number of halogens is 1. The van der Waals surface area contributed by atoms with Crippen molar-refractivity contribution >= 4 is 27.3 Å². The van der Waals surface area contributed by atoms with E-state index in [-0.39, 0.29) is 24.3 Å². The molecular weight excluding hydrogens is 318 g/mol. The lowest BCUT2D eigenvalue weighted by atomic mass is 10.4. The minimum absolute atomic E-state index is 0.243. The van der Waals surface area contributed by atoms with E-state index in [1.807, 2.05) is 12.1 Å². The van der Waals surface area contributed by atoms with E-state index in [0.717, 1.165) is 13.2 Å². The zero-order valence-electron chi connectivity index (χ0n) is 9.51. The lowest BCUT2D eigenvalue weighted by molar-refractivity contribution is 0.581. The van der Waals surface area contributed by atoms with Crippen LogP contribution in [0.5, 0.6) is 0 Å². The van der Waals surface area contributed by atoms with Crippen LogP contribution in [0, 0.1) is 0 Å². The van der Waals surface area contributed by atoms with Crippen molar-refractivity contribution in [2.75, 3.05) is 6.54 Å². The van der Waals surface area contributed by atoms with Gasteiger partial charge in [0.15, 0.2) is 0 Å². The van der Waals surface area contributed by atoms with E-state index >= 15 is 0 Å². The summed E-state index contributed by atoms with van der Waals surface area (Å²) in [4.78, 5) is 24.6. The van der Waals surface area contributed by atoms with E-state index in [1.54, 1.807) is 11.3 Å².